The number of hydrogen-bond donors (Lipinski definition) is 1. The number of benzene rings is 1. The summed E-state index contributed by atoms with van der Waals surface area (Å²) >= 11 is 3.40. The molecule has 0 aliphatic rings. The second kappa shape index (κ2) is 5.36. The molecule has 0 amide bonds. The topological polar surface area (TPSA) is 42.2 Å². The van der Waals surface area contributed by atoms with Crippen molar-refractivity contribution in [1.29, 1.82) is 0 Å². The van der Waals surface area contributed by atoms with Crippen molar-refractivity contribution in [2.75, 3.05) is 11.9 Å². The molecule has 0 fully saturated rings. The molecule has 0 aliphatic carbocycles. The molecule has 0 aliphatic heterocycles. The first kappa shape index (κ1) is 12.2. The molecule has 0 unspecified atom stereocenters. The molecular formula is C13H14BrNO2. The van der Waals surface area contributed by atoms with Crippen molar-refractivity contribution in [3.8, 4) is 0 Å². The van der Waals surface area contributed by atoms with E-state index in [1.807, 2.05) is 18.2 Å². The molecule has 4 heteroatoms. The molecule has 0 saturated carbocycles. The molecule has 0 radical (unpaired) electrons. The third-order valence-electron chi connectivity index (χ3n) is 2.54. The lowest BCUT2D eigenvalue weighted by Crippen LogP contribution is -2.11. The zero-order valence-electron chi connectivity index (χ0n) is 9.63. The number of unbranched alkanes of at least 4 members (excludes halogenated alkanes) is 1. The Morgan fingerprint density at radius 1 is 1.35 bits per heavy atom. The van der Waals surface area contributed by atoms with Gasteiger partial charge in [-0.25, -0.2) is 4.79 Å². The summed E-state index contributed by atoms with van der Waals surface area (Å²) in [6.07, 6.45) is 2.13. The molecule has 3 nitrogen and oxygen atoms in total. The minimum Gasteiger partial charge on any atom is -0.421 e. The molecule has 0 saturated heterocycles. The minimum absolute atomic E-state index is 0.309. The third-order valence-corrected chi connectivity index (χ3v) is 3.03. The Morgan fingerprint density at radius 2 is 2.18 bits per heavy atom. The molecule has 1 aromatic heterocycles. The third kappa shape index (κ3) is 2.88. The summed E-state index contributed by atoms with van der Waals surface area (Å²) in [4.78, 5) is 11.7. The highest BCUT2D eigenvalue weighted by Crippen LogP contribution is 2.20. The predicted octanol–water partition coefficient (Wildman–Crippen LogP) is 3.77. The van der Waals surface area contributed by atoms with Gasteiger partial charge in [0, 0.05) is 16.4 Å². The summed E-state index contributed by atoms with van der Waals surface area (Å²) < 4.78 is 6.21. The molecule has 1 heterocycles. The largest absolute Gasteiger partial charge is 0.421 e. The average Bonchev–Trinajstić information content (AvgIpc) is 2.31. The van der Waals surface area contributed by atoms with Crippen LogP contribution in [0, 0.1) is 0 Å². The van der Waals surface area contributed by atoms with Crippen LogP contribution in [0.1, 0.15) is 19.8 Å². The average molecular weight is 296 g/mol. The van der Waals surface area contributed by atoms with Crippen LogP contribution in [0.25, 0.3) is 11.0 Å². The Labute approximate surface area is 108 Å². The van der Waals surface area contributed by atoms with E-state index in [9.17, 15) is 4.79 Å². The maximum Gasteiger partial charge on any atom is 0.359 e. The van der Waals surface area contributed by atoms with Gasteiger partial charge in [0.05, 0.1) is 0 Å². The molecule has 1 N–H and O–H groups in total. The predicted molar refractivity (Wildman–Crippen MR) is 73.6 cm³/mol. The lowest BCUT2D eigenvalue weighted by Gasteiger charge is -2.05. The van der Waals surface area contributed by atoms with E-state index >= 15 is 0 Å². The SMILES string of the molecule is CCCCNc1cc2cc(Br)ccc2oc1=O. The van der Waals surface area contributed by atoms with Crippen LogP contribution in [0.4, 0.5) is 5.69 Å². The zero-order valence-corrected chi connectivity index (χ0v) is 11.2. The van der Waals surface area contributed by atoms with Gasteiger partial charge in [0.25, 0.3) is 0 Å². The Hall–Kier alpha value is -1.29. The van der Waals surface area contributed by atoms with Crippen LogP contribution in [0.5, 0.6) is 0 Å². The van der Waals surface area contributed by atoms with Crippen LogP contribution < -0.4 is 10.9 Å². The van der Waals surface area contributed by atoms with Gasteiger partial charge in [-0.15, -0.1) is 0 Å². The Balaban J connectivity index is 2.36. The summed E-state index contributed by atoms with van der Waals surface area (Å²) in [6.45, 7) is 2.91. The van der Waals surface area contributed by atoms with E-state index in [1.165, 1.54) is 0 Å². The summed E-state index contributed by atoms with van der Waals surface area (Å²) in [7, 11) is 0. The second-order valence-electron chi connectivity index (χ2n) is 3.91. The maximum atomic E-state index is 11.7. The first-order valence-corrected chi connectivity index (χ1v) is 6.47. The smallest absolute Gasteiger partial charge is 0.359 e. The summed E-state index contributed by atoms with van der Waals surface area (Å²) in [5.41, 5.74) is 0.833. The van der Waals surface area contributed by atoms with E-state index in [2.05, 4.69) is 28.2 Å². The lowest BCUT2D eigenvalue weighted by atomic mass is 10.2. The number of rotatable bonds is 4. The first-order valence-electron chi connectivity index (χ1n) is 5.68. The maximum absolute atomic E-state index is 11.7. The monoisotopic (exact) mass is 295 g/mol. The van der Waals surface area contributed by atoms with Crippen molar-refractivity contribution in [3.63, 3.8) is 0 Å². The normalized spacial score (nSPS) is 10.7. The fourth-order valence-electron chi connectivity index (χ4n) is 1.62. The molecule has 17 heavy (non-hydrogen) atoms. The first-order chi connectivity index (χ1) is 8.20. The van der Waals surface area contributed by atoms with Crippen LogP contribution in [-0.2, 0) is 0 Å². The van der Waals surface area contributed by atoms with Crippen molar-refractivity contribution in [2.24, 2.45) is 0 Å². The molecule has 2 rings (SSSR count). The van der Waals surface area contributed by atoms with E-state index in [0.29, 0.717) is 11.3 Å². The van der Waals surface area contributed by atoms with Gasteiger partial charge >= 0.3 is 5.63 Å². The second-order valence-corrected chi connectivity index (χ2v) is 4.83. The highest BCUT2D eigenvalue weighted by molar-refractivity contribution is 9.10. The van der Waals surface area contributed by atoms with Crippen LogP contribution in [-0.4, -0.2) is 6.54 Å². The number of anilines is 1. The van der Waals surface area contributed by atoms with Crippen molar-refractivity contribution in [1.82, 2.24) is 0 Å². The van der Waals surface area contributed by atoms with E-state index < -0.39 is 0 Å². The molecule has 0 atom stereocenters. The van der Waals surface area contributed by atoms with Gasteiger partial charge in [-0.2, -0.15) is 0 Å². The van der Waals surface area contributed by atoms with Crippen LogP contribution in [0.3, 0.4) is 0 Å². The number of fused-ring (bicyclic) bond motifs is 1. The van der Waals surface area contributed by atoms with Gasteiger partial charge in [0.15, 0.2) is 0 Å². The van der Waals surface area contributed by atoms with Gasteiger partial charge in [-0.3, -0.25) is 0 Å². The number of nitrogens with one attached hydrogen (secondary N) is 1. The minimum atomic E-state index is -0.309. The van der Waals surface area contributed by atoms with Gasteiger partial charge in [-0.1, -0.05) is 29.3 Å². The highest BCUT2D eigenvalue weighted by atomic mass is 79.9. The Kier molecular flexibility index (Phi) is 3.84. The quantitative estimate of drug-likeness (QED) is 0.690. The lowest BCUT2D eigenvalue weighted by molar-refractivity contribution is 0.562. The molecule has 0 bridgehead atoms. The van der Waals surface area contributed by atoms with Crippen molar-refractivity contribution in [3.05, 3.63) is 39.2 Å². The van der Waals surface area contributed by atoms with Gasteiger partial charge in [0.2, 0.25) is 0 Å². The van der Waals surface area contributed by atoms with Gasteiger partial charge in [-0.05, 0) is 30.7 Å². The standard InChI is InChI=1S/C13H14BrNO2/c1-2-3-6-15-11-8-9-7-10(14)4-5-12(9)17-13(11)16/h4-5,7-8,15H,2-3,6H2,1H3. The summed E-state index contributed by atoms with van der Waals surface area (Å²) in [6, 6.07) is 7.41. The van der Waals surface area contributed by atoms with Gasteiger partial charge in [0.1, 0.15) is 11.3 Å². The van der Waals surface area contributed by atoms with E-state index in [1.54, 1.807) is 6.07 Å². The van der Waals surface area contributed by atoms with Gasteiger partial charge < -0.3 is 9.73 Å². The molecular weight excluding hydrogens is 282 g/mol. The van der Waals surface area contributed by atoms with Crippen LogP contribution in [0.2, 0.25) is 0 Å². The van der Waals surface area contributed by atoms with Crippen LogP contribution >= 0.6 is 15.9 Å². The molecule has 1 aromatic carbocycles. The summed E-state index contributed by atoms with van der Waals surface area (Å²) in [5, 5.41) is 4.02. The van der Waals surface area contributed by atoms with Crippen molar-refractivity contribution >= 4 is 32.6 Å². The Morgan fingerprint density at radius 3 is 2.94 bits per heavy atom. The molecule has 2 aromatic rings. The molecule has 0 spiro atoms. The summed E-state index contributed by atoms with van der Waals surface area (Å²) in [5.74, 6) is 0. The number of halogens is 1. The molecule has 90 valence electrons. The fourth-order valence-corrected chi connectivity index (χ4v) is 2.00. The van der Waals surface area contributed by atoms with Crippen molar-refractivity contribution in [2.45, 2.75) is 19.8 Å². The van der Waals surface area contributed by atoms with Crippen molar-refractivity contribution < 1.29 is 4.42 Å². The van der Waals surface area contributed by atoms with Crippen LogP contribution in [0.15, 0.2) is 37.9 Å². The van der Waals surface area contributed by atoms with E-state index in [4.69, 9.17) is 4.42 Å². The Bertz CT molecular complexity index is 577. The zero-order chi connectivity index (χ0) is 12.3. The van der Waals surface area contributed by atoms with E-state index in [0.717, 1.165) is 29.2 Å². The number of hydrogen-bond acceptors (Lipinski definition) is 3. The highest BCUT2D eigenvalue weighted by Gasteiger charge is 2.04. The van der Waals surface area contributed by atoms with E-state index in [-0.39, 0.29) is 5.63 Å². The fraction of sp³-hybridized carbons (Fsp3) is 0.308.